The molecule has 3 heterocycles. The Labute approximate surface area is 252 Å². The summed E-state index contributed by atoms with van der Waals surface area (Å²) in [5.74, 6) is 0.760. The van der Waals surface area contributed by atoms with Gasteiger partial charge in [-0.25, -0.2) is 9.97 Å². The van der Waals surface area contributed by atoms with Gasteiger partial charge in [-0.1, -0.05) is 73.6 Å². The van der Waals surface area contributed by atoms with Crippen molar-refractivity contribution < 1.29 is 5.11 Å². The summed E-state index contributed by atoms with van der Waals surface area (Å²) in [5, 5.41) is 11.0. The molecule has 1 fully saturated rings. The first-order valence-corrected chi connectivity index (χ1v) is 15.4. The molecule has 0 aromatic carbocycles. The molecule has 0 atom stereocenters. The van der Waals surface area contributed by atoms with Crippen LogP contribution >= 0.6 is 39.0 Å². The van der Waals surface area contributed by atoms with E-state index in [2.05, 4.69) is 87.7 Å². The number of hydrogen-bond donors (Lipinski definition) is 2. The highest BCUT2D eigenvalue weighted by molar-refractivity contribution is 9.10. The van der Waals surface area contributed by atoms with Crippen molar-refractivity contribution in [1.82, 2.24) is 19.8 Å². The molecule has 0 unspecified atom stereocenters. The minimum Gasteiger partial charge on any atom is -0.400 e. The molecule has 1 aliphatic rings. The van der Waals surface area contributed by atoms with Crippen molar-refractivity contribution in [1.29, 1.82) is 0 Å². The number of rotatable bonds is 9. The van der Waals surface area contributed by atoms with Crippen LogP contribution in [0.25, 0.3) is 0 Å². The van der Waals surface area contributed by atoms with Crippen LogP contribution in [0, 0.1) is 0 Å². The van der Waals surface area contributed by atoms with Crippen LogP contribution in [0.3, 0.4) is 0 Å². The van der Waals surface area contributed by atoms with Gasteiger partial charge in [0.15, 0.2) is 5.13 Å². The highest BCUT2D eigenvalue weighted by Crippen LogP contribution is 2.34. The zero-order chi connectivity index (χ0) is 29.2. The number of thioether (sulfide) groups is 1. The van der Waals surface area contributed by atoms with Crippen molar-refractivity contribution in [3.8, 4) is 0 Å². The number of halogens is 1. The molecule has 1 aliphatic heterocycles. The van der Waals surface area contributed by atoms with E-state index in [4.69, 9.17) is 5.11 Å². The van der Waals surface area contributed by atoms with Gasteiger partial charge >= 0.3 is 0 Å². The molecule has 0 saturated carbocycles. The number of pyridine rings is 1. The number of allylic oxidation sites excluding steroid dienone is 6. The first-order chi connectivity index (χ1) is 18.7. The summed E-state index contributed by atoms with van der Waals surface area (Å²) in [6.45, 7) is 23.1. The Morgan fingerprint density at radius 3 is 2.38 bits per heavy atom. The number of hydrogen-bond acceptors (Lipinski definition) is 8. The van der Waals surface area contributed by atoms with Crippen LogP contribution in [-0.2, 0) is 0 Å². The Hall–Kier alpha value is -2.17. The molecule has 2 aromatic heterocycles. The van der Waals surface area contributed by atoms with Gasteiger partial charge in [-0.05, 0) is 93.0 Å². The first kappa shape index (κ1) is 34.9. The molecular formula is C30H44BrN5OS2. The van der Waals surface area contributed by atoms with E-state index in [1.807, 2.05) is 43.5 Å². The minimum absolute atomic E-state index is 0.760. The molecule has 6 nitrogen and oxygen atoms in total. The molecular weight excluding hydrogens is 590 g/mol. The fourth-order valence-corrected chi connectivity index (χ4v) is 5.75. The van der Waals surface area contributed by atoms with Gasteiger partial charge in [0.05, 0.1) is 10.4 Å². The lowest BCUT2D eigenvalue weighted by atomic mass is 10.1. The summed E-state index contributed by atoms with van der Waals surface area (Å²) in [5.41, 5.74) is 3.57. The maximum atomic E-state index is 7.00. The van der Waals surface area contributed by atoms with Gasteiger partial charge in [-0.15, -0.1) is 0 Å². The maximum absolute atomic E-state index is 7.00. The van der Waals surface area contributed by atoms with Crippen molar-refractivity contribution in [2.45, 2.75) is 44.2 Å². The summed E-state index contributed by atoms with van der Waals surface area (Å²) in [4.78, 5) is 14.5. The van der Waals surface area contributed by atoms with Gasteiger partial charge in [0.1, 0.15) is 10.4 Å². The number of nitrogens with zero attached hydrogens (tertiary/aromatic N) is 4. The number of aliphatic hydroxyl groups excluding tert-OH is 1. The normalized spacial score (nSPS) is 14.3. The van der Waals surface area contributed by atoms with E-state index in [1.54, 1.807) is 23.1 Å². The zero-order valence-corrected chi connectivity index (χ0v) is 27.3. The minimum atomic E-state index is 0.760. The first-order valence-electron chi connectivity index (χ1n) is 13.0. The molecule has 2 N–H and O–H groups in total. The quantitative estimate of drug-likeness (QED) is 0.164. The molecule has 0 spiro atoms. The second kappa shape index (κ2) is 19.8. The van der Waals surface area contributed by atoms with Crippen LogP contribution < -0.4 is 5.32 Å². The summed E-state index contributed by atoms with van der Waals surface area (Å²) >= 11 is 6.53. The largest absolute Gasteiger partial charge is 0.400 e. The smallest absolute Gasteiger partial charge is 0.189 e. The van der Waals surface area contributed by atoms with E-state index in [1.165, 1.54) is 50.3 Å². The average molecular weight is 635 g/mol. The molecule has 39 heavy (non-hydrogen) atoms. The second-order valence-corrected chi connectivity index (χ2v) is 12.2. The average Bonchev–Trinajstić information content (AvgIpc) is 3.31. The lowest BCUT2D eigenvalue weighted by Crippen LogP contribution is -2.33. The highest BCUT2D eigenvalue weighted by Gasteiger charge is 2.09. The second-order valence-electron chi connectivity index (χ2n) is 8.94. The van der Waals surface area contributed by atoms with Crippen molar-refractivity contribution >= 4 is 50.0 Å². The maximum Gasteiger partial charge on any atom is 0.189 e. The van der Waals surface area contributed by atoms with Gasteiger partial charge in [-0.3, -0.25) is 0 Å². The Kier molecular flexibility index (Phi) is 17.7. The van der Waals surface area contributed by atoms with Gasteiger partial charge in [-0.2, -0.15) is 0 Å². The monoisotopic (exact) mass is 633 g/mol. The van der Waals surface area contributed by atoms with Gasteiger partial charge < -0.3 is 20.2 Å². The fraction of sp³-hybridized carbons (Fsp3) is 0.400. The molecule has 0 aliphatic carbocycles. The summed E-state index contributed by atoms with van der Waals surface area (Å²) in [6, 6.07) is 5.72. The van der Waals surface area contributed by atoms with Crippen LogP contribution in [0.4, 0.5) is 10.9 Å². The van der Waals surface area contributed by atoms with Crippen LogP contribution in [0.1, 0.15) is 40.0 Å². The lowest BCUT2D eigenvalue weighted by molar-refractivity contribution is 0.234. The molecule has 1 saturated heterocycles. The van der Waals surface area contributed by atoms with Crippen molar-refractivity contribution in [2.24, 2.45) is 0 Å². The SMILES string of the molecule is C=C(/C=C\C=C(/CC)C(=C)C)Sc1cnc(Nc2cccc(Br)n2)s1.C=C(C)N1CCCN(C)CCC1.CO. The molecule has 214 valence electrons. The van der Waals surface area contributed by atoms with Crippen molar-refractivity contribution in [3.05, 3.63) is 88.7 Å². The zero-order valence-electron chi connectivity index (χ0n) is 24.0. The number of aliphatic hydroxyl groups is 1. The van der Waals surface area contributed by atoms with Gasteiger partial charge in [0.2, 0.25) is 0 Å². The Bertz CT molecular complexity index is 1100. The predicted octanol–water partition coefficient (Wildman–Crippen LogP) is 8.27. The van der Waals surface area contributed by atoms with Gasteiger partial charge in [0.25, 0.3) is 0 Å². The molecule has 0 amide bonds. The third kappa shape index (κ3) is 14.7. The lowest BCUT2D eigenvalue weighted by Gasteiger charge is -2.29. The molecule has 3 rings (SSSR count). The predicted molar refractivity (Wildman–Crippen MR) is 176 cm³/mol. The highest BCUT2D eigenvalue weighted by atomic mass is 79.9. The van der Waals surface area contributed by atoms with E-state index in [0.717, 1.165) is 43.8 Å². The summed E-state index contributed by atoms with van der Waals surface area (Å²) < 4.78 is 1.86. The molecule has 2 aromatic rings. The summed E-state index contributed by atoms with van der Waals surface area (Å²) in [7, 11) is 3.20. The van der Waals surface area contributed by atoms with E-state index in [0.29, 0.717) is 0 Å². The topological polar surface area (TPSA) is 64.5 Å². The van der Waals surface area contributed by atoms with Crippen molar-refractivity contribution in [2.75, 3.05) is 45.7 Å². The van der Waals surface area contributed by atoms with Crippen LogP contribution in [0.2, 0.25) is 0 Å². The van der Waals surface area contributed by atoms with Crippen molar-refractivity contribution in [3.63, 3.8) is 0 Å². The van der Waals surface area contributed by atoms with Crippen LogP contribution in [0.15, 0.2) is 92.9 Å². The summed E-state index contributed by atoms with van der Waals surface area (Å²) in [6.07, 6.45) is 11.5. The third-order valence-corrected chi connectivity index (χ3v) is 8.00. The van der Waals surface area contributed by atoms with Crippen LogP contribution in [0.5, 0.6) is 0 Å². The number of anilines is 2. The van der Waals surface area contributed by atoms with Crippen LogP contribution in [-0.4, -0.2) is 65.2 Å². The van der Waals surface area contributed by atoms with E-state index in [-0.39, 0.29) is 0 Å². The standard InChI is InChI=1S/C19H20BrN3S2.C10H20N2.CH4O/c1-5-15(13(2)3)9-6-8-14(4)24-18-12-21-19(25-18)23-17-11-7-10-16(20)22-17;1-10(2)12-8-4-6-11(3)7-5-9-12;1-2/h6-12H,2,4-5H2,1,3H3,(H,21,22,23);1,4-9H2,2-3H3;2H,1H3/b8-6-,15-9+;;. The van der Waals surface area contributed by atoms with E-state index in [9.17, 15) is 0 Å². The Balaban J connectivity index is 0.000000454. The third-order valence-electron chi connectivity index (χ3n) is 5.65. The number of thiazole rings is 1. The van der Waals surface area contributed by atoms with Gasteiger partial charge in [0, 0.05) is 30.8 Å². The van der Waals surface area contributed by atoms with E-state index >= 15 is 0 Å². The molecule has 0 bridgehead atoms. The number of aromatic nitrogens is 2. The molecule has 0 radical (unpaired) electrons. The Morgan fingerprint density at radius 1 is 1.15 bits per heavy atom. The fourth-order valence-electron chi connectivity index (χ4n) is 3.62. The van der Waals surface area contributed by atoms with E-state index < -0.39 is 0 Å². The Morgan fingerprint density at radius 2 is 1.82 bits per heavy atom. The molecule has 9 heteroatoms. The number of nitrogens with one attached hydrogen (secondary N) is 1.